The number of hydrogen-bond acceptors (Lipinski definition) is 3. The van der Waals surface area contributed by atoms with Crippen LogP contribution in [0.4, 0.5) is 0 Å². The van der Waals surface area contributed by atoms with Gasteiger partial charge in [0.05, 0.1) is 17.2 Å². The van der Waals surface area contributed by atoms with Crippen LogP contribution in [0.3, 0.4) is 0 Å². The van der Waals surface area contributed by atoms with E-state index in [2.05, 4.69) is 83.2 Å². The zero-order valence-corrected chi connectivity index (χ0v) is 15.0. The summed E-state index contributed by atoms with van der Waals surface area (Å²) in [6, 6.07) is 19.6. The van der Waals surface area contributed by atoms with Crippen LogP contribution >= 0.6 is 0 Å². The zero-order valence-electron chi connectivity index (χ0n) is 15.0. The summed E-state index contributed by atoms with van der Waals surface area (Å²) in [5.74, 6) is 1.10. The highest BCUT2D eigenvalue weighted by Crippen LogP contribution is 2.29. The summed E-state index contributed by atoms with van der Waals surface area (Å²) in [5.41, 5.74) is 3.70. The topological polar surface area (TPSA) is 33.1 Å². The summed E-state index contributed by atoms with van der Waals surface area (Å²) in [4.78, 5) is 7.38. The predicted octanol–water partition coefficient (Wildman–Crippen LogP) is 3.90. The molecule has 1 saturated heterocycles. The minimum absolute atomic E-state index is 0.348. The van der Waals surface area contributed by atoms with Crippen LogP contribution in [-0.4, -0.2) is 34.1 Å². The molecule has 25 heavy (non-hydrogen) atoms. The van der Waals surface area contributed by atoms with E-state index in [-0.39, 0.29) is 0 Å². The summed E-state index contributed by atoms with van der Waals surface area (Å²) in [6.07, 6.45) is 1.42. The lowest BCUT2D eigenvalue weighted by Crippen LogP contribution is -2.48. The number of imidazole rings is 1. The molecule has 0 aliphatic carbocycles. The van der Waals surface area contributed by atoms with Gasteiger partial charge in [0.2, 0.25) is 0 Å². The molecule has 1 aliphatic rings. The SMILES string of the molecule is CCC(N1CCNC(c2ccccc2)C1)n1c(C)nc2ccccc21. The van der Waals surface area contributed by atoms with Crippen molar-refractivity contribution in [2.24, 2.45) is 0 Å². The largest absolute Gasteiger partial charge is 0.312 e. The number of aryl methyl sites for hydroxylation is 1. The Balaban J connectivity index is 1.65. The van der Waals surface area contributed by atoms with Gasteiger partial charge >= 0.3 is 0 Å². The third-order valence-corrected chi connectivity index (χ3v) is 5.27. The second-order valence-corrected chi connectivity index (χ2v) is 6.82. The summed E-state index contributed by atoms with van der Waals surface area (Å²) in [6.45, 7) is 7.50. The first-order valence-corrected chi connectivity index (χ1v) is 9.24. The molecule has 0 amide bonds. The van der Waals surface area contributed by atoms with E-state index in [0.29, 0.717) is 12.2 Å². The molecule has 4 heteroatoms. The normalized spacial score (nSPS) is 20.0. The first-order chi connectivity index (χ1) is 12.3. The van der Waals surface area contributed by atoms with Crippen molar-refractivity contribution in [2.45, 2.75) is 32.5 Å². The van der Waals surface area contributed by atoms with Gasteiger partial charge in [-0.3, -0.25) is 4.90 Å². The van der Waals surface area contributed by atoms with E-state index in [0.717, 1.165) is 37.4 Å². The number of para-hydroxylation sites is 2. The quantitative estimate of drug-likeness (QED) is 0.785. The van der Waals surface area contributed by atoms with Gasteiger partial charge in [0.1, 0.15) is 5.82 Å². The molecule has 0 saturated carbocycles. The first kappa shape index (κ1) is 16.3. The van der Waals surface area contributed by atoms with Crippen LogP contribution in [0.1, 0.15) is 36.9 Å². The fourth-order valence-electron chi connectivity index (χ4n) is 4.10. The molecule has 0 radical (unpaired) electrons. The van der Waals surface area contributed by atoms with E-state index in [1.807, 2.05) is 0 Å². The van der Waals surface area contributed by atoms with Crippen LogP contribution < -0.4 is 5.32 Å². The van der Waals surface area contributed by atoms with Crippen molar-refractivity contribution in [1.29, 1.82) is 0 Å². The first-order valence-electron chi connectivity index (χ1n) is 9.24. The number of nitrogens with zero attached hydrogens (tertiary/aromatic N) is 3. The van der Waals surface area contributed by atoms with Crippen LogP contribution in [0.5, 0.6) is 0 Å². The Morgan fingerprint density at radius 1 is 1.12 bits per heavy atom. The minimum atomic E-state index is 0.348. The van der Waals surface area contributed by atoms with Crippen molar-refractivity contribution < 1.29 is 0 Å². The van der Waals surface area contributed by atoms with Gasteiger partial charge < -0.3 is 9.88 Å². The molecule has 1 fully saturated rings. The molecule has 4 nitrogen and oxygen atoms in total. The molecule has 1 aliphatic heterocycles. The molecule has 0 spiro atoms. The Hall–Kier alpha value is -2.17. The smallest absolute Gasteiger partial charge is 0.108 e. The van der Waals surface area contributed by atoms with Gasteiger partial charge in [-0.2, -0.15) is 0 Å². The number of piperazine rings is 1. The zero-order chi connectivity index (χ0) is 17.2. The molecule has 2 atom stereocenters. The third kappa shape index (κ3) is 3.08. The molecule has 1 N–H and O–H groups in total. The van der Waals surface area contributed by atoms with E-state index in [4.69, 9.17) is 4.98 Å². The van der Waals surface area contributed by atoms with Gasteiger partial charge in [-0.15, -0.1) is 0 Å². The number of rotatable bonds is 4. The number of nitrogens with one attached hydrogen (secondary N) is 1. The van der Waals surface area contributed by atoms with E-state index >= 15 is 0 Å². The molecular weight excluding hydrogens is 308 g/mol. The third-order valence-electron chi connectivity index (χ3n) is 5.27. The molecule has 4 rings (SSSR count). The van der Waals surface area contributed by atoms with Gasteiger partial charge in [0.25, 0.3) is 0 Å². The fourth-order valence-corrected chi connectivity index (χ4v) is 4.10. The van der Waals surface area contributed by atoms with Crippen molar-refractivity contribution in [3.8, 4) is 0 Å². The lowest BCUT2D eigenvalue weighted by atomic mass is 10.0. The maximum atomic E-state index is 4.77. The fraction of sp³-hybridized carbons (Fsp3) is 0.381. The molecule has 2 heterocycles. The van der Waals surface area contributed by atoms with Crippen LogP contribution in [0.25, 0.3) is 11.0 Å². The Labute approximate surface area is 149 Å². The van der Waals surface area contributed by atoms with Crippen LogP contribution in [-0.2, 0) is 0 Å². The Morgan fingerprint density at radius 2 is 1.88 bits per heavy atom. The van der Waals surface area contributed by atoms with Gasteiger partial charge in [-0.1, -0.05) is 49.4 Å². The van der Waals surface area contributed by atoms with Crippen molar-refractivity contribution in [3.63, 3.8) is 0 Å². The van der Waals surface area contributed by atoms with Gasteiger partial charge in [-0.25, -0.2) is 4.98 Å². The Morgan fingerprint density at radius 3 is 2.68 bits per heavy atom. The molecule has 3 aromatic rings. The van der Waals surface area contributed by atoms with E-state index < -0.39 is 0 Å². The van der Waals surface area contributed by atoms with E-state index in [1.54, 1.807) is 0 Å². The molecule has 2 unspecified atom stereocenters. The van der Waals surface area contributed by atoms with Crippen molar-refractivity contribution >= 4 is 11.0 Å². The predicted molar refractivity (Wildman–Crippen MR) is 103 cm³/mol. The maximum absolute atomic E-state index is 4.77. The molecule has 2 aromatic carbocycles. The summed E-state index contributed by atoms with van der Waals surface area (Å²) in [7, 11) is 0. The molecular formula is C21H26N4. The lowest BCUT2D eigenvalue weighted by Gasteiger charge is -2.40. The maximum Gasteiger partial charge on any atom is 0.108 e. The van der Waals surface area contributed by atoms with Gasteiger partial charge in [-0.05, 0) is 31.0 Å². The molecule has 1 aromatic heterocycles. The Bertz CT molecular complexity index is 839. The highest BCUT2D eigenvalue weighted by atomic mass is 15.3. The van der Waals surface area contributed by atoms with Gasteiger partial charge in [0, 0.05) is 25.7 Å². The average Bonchev–Trinajstić information content (AvgIpc) is 3.00. The standard InChI is InChI=1S/C21H26N4/c1-3-21(25-16(2)23-18-11-7-8-12-20(18)25)24-14-13-22-19(15-24)17-9-5-4-6-10-17/h4-12,19,21-22H,3,13-15H2,1-2H3. The summed E-state index contributed by atoms with van der Waals surface area (Å²) in [5, 5.41) is 3.67. The minimum Gasteiger partial charge on any atom is -0.312 e. The van der Waals surface area contributed by atoms with Crippen molar-refractivity contribution in [3.05, 3.63) is 66.0 Å². The monoisotopic (exact) mass is 334 g/mol. The second kappa shape index (κ2) is 6.98. The molecule has 130 valence electrons. The highest BCUT2D eigenvalue weighted by Gasteiger charge is 2.28. The van der Waals surface area contributed by atoms with Crippen LogP contribution in [0, 0.1) is 6.92 Å². The van der Waals surface area contributed by atoms with E-state index in [9.17, 15) is 0 Å². The van der Waals surface area contributed by atoms with Crippen molar-refractivity contribution in [2.75, 3.05) is 19.6 Å². The number of hydrogen-bond donors (Lipinski definition) is 1. The number of aromatic nitrogens is 2. The number of benzene rings is 2. The number of fused-ring (bicyclic) bond motifs is 1. The summed E-state index contributed by atoms with van der Waals surface area (Å²) >= 11 is 0. The lowest BCUT2D eigenvalue weighted by molar-refractivity contribution is 0.0964. The highest BCUT2D eigenvalue weighted by molar-refractivity contribution is 5.76. The van der Waals surface area contributed by atoms with Crippen LogP contribution in [0.2, 0.25) is 0 Å². The average molecular weight is 334 g/mol. The van der Waals surface area contributed by atoms with Crippen LogP contribution in [0.15, 0.2) is 54.6 Å². The summed E-state index contributed by atoms with van der Waals surface area (Å²) < 4.78 is 2.42. The second-order valence-electron chi connectivity index (χ2n) is 6.82. The Kier molecular flexibility index (Phi) is 4.55. The van der Waals surface area contributed by atoms with E-state index in [1.165, 1.54) is 11.1 Å². The van der Waals surface area contributed by atoms with Gasteiger partial charge in [0.15, 0.2) is 0 Å². The van der Waals surface area contributed by atoms with Crippen molar-refractivity contribution in [1.82, 2.24) is 19.8 Å². The molecule has 0 bridgehead atoms.